The summed E-state index contributed by atoms with van der Waals surface area (Å²) in [6.07, 6.45) is 0.112. The second kappa shape index (κ2) is 5.15. The van der Waals surface area contributed by atoms with E-state index in [1.807, 2.05) is 0 Å². The van der Waals surface area contributed by atoms with Gasteiger partial charge in [-0.05, 0) is 23.3 Å². The molecule has 1 aliphatic heterocycles. The van der Waals surface area contributed by atoms with Crippen LogP contribution in [0.25, 0.3) is 5.57 Å². The van der Waals surface area contributed by atoms with E-state index in [9.17, 15) is 14.9 Å². The minimum absolute atomic E-state index is 0.00403. The van der Waals surface area contributed by atoms with Crippen molar-refractivity contribution in [3.63, 3.8) is 0 Å². The molecule has 0 aromatic heterocycles. The second-order valence-corrected chi connectivity index (χ2v) is 4.74. The second-order valence-electron chi connectivity index (χ2n) is 4.74. The normalized spacial score (nSPS) is 22.6. The summed E-state index contributed by atoms with van der Waals surface area (Å²) in [6, 6.07) is 6.01. The number of non-ortho nitro benzene ring substituents is 1. The number of Topliss-reactive ketones (excluding diaryl/α,β-unsaturated/α-hetero) is 1. The number of nitrogens with zero attached hydrogens (tertiary/aromatic N) is 1. The SMILES string of the molecule is O=C1CC2OCCOCC2=C1c1ccc([N+](=O)[O-])cc1. The molecule has 1 fully saturated rings. The van der Waals surface area contributed by atoms with Gasteiger partial charge in [0.15, 0.2) is 5.78 Å². The Morgan fingerprint density at radius 1 is 1.20 bits per heavy atom. The summed E-state index contributed by atoms with van der Waals surface area (Å²) in [5.41, 5.74) is 2.13. The van der Waals surface area contributed by atoms with Crippen LogP contribution in [0.3, 0.4) is 0 Å². The van der Waals surface area contributed by atoms with Gasteiger partial charge in [-0.15, -0.1) is 0 Å². The molecule has 6 nitrogen and oxygen atoms in total. The van der Waals surface area contributed by atoms with E-state index < -0.39 is 4.92 Å². The van der Waals surface area contributed by atoms with Crippen LogP contribution in [0.2, 0.25) is 0 Å². The summed E-state index contributed by atoms with van der Waals surface area (Å²) in [7, 11) is 0. The lowest BCUT2D eigenvalue weighted by atomic mass is 10.0. The molecule has 1 aromatic carbocycles. The zero-order chi connectivity index (χ0) is 14.1. The van der Waals surface area contributed by atoms with Crippen LogP contribution < -0.4 is 0 Å². The average molecular weight is 275 g/mol. The highest BCUT2D eigenvalue weighted by Gasteiger charge is 2.34. The number of allylic oxidation sites excluding steroid dienone is 1. The number of nitro groups is 1. The molecule has 104 valence electrons. The van der Waals surface area contributed by atoms with E-state index in [1.54, 1.807) is 12.1 Å². The molecule has 0 spiro atoms. The van der Waals surface area contributed by atoms with Gasteiger partial charge in [0, 0.05) is 24.1 Å². The standard InChI is InChI=1S/C14H13NO5/c16-12-7-13-11(8-19-5-6-20-13)14(12)9-1-3-10(4-2-9)15(17)18/h1-4,13H,5-8H2. The van der Waals surface area contributed by atoms with E-state index in [2.05, 4.69) is 0 Å². The topological polar surface area (TPSA) is 78.7 Å². The monoisotopic (exact) mass is 275 g/mol. The highest BCUT2D eigenvalue weighted by atomic mass is 16.6. The lowest BCUT2D eigenvalue weighted by Crippen LogP contribution is -2.13. The quantitative estimate of drug-likeness (QED) is 0.606. The van der Waals surface area contributed by atoms with Gasteiger partial charge in [-0.3, -0.25) is 14.9 Å². The first-order chi connectivity index (χ1) is 9.66. The molecule has 0 bridgehead atoms. The van der Waals surface area contributed by atoms with E-state index in [4.69, 9.17) is 9.47 Å². The number of ether oxygens (including phenoxy) is 2. The highest BCUT2D eigenvalue weighted by Crippen LogP contribution is 2.34. The smallest absolute Gasteiger partial charge is 0.269 e. The molecular formula is C14H13NO5. The van der Waals surface area contributed by atoms with Crippen molar-refractivity contribution in [1.29, 1.82) is 0 Å². The molecule has 1 atom stereocenters. The van der Waals surface area contributed by atoms with E-state index in [0.29, 0.717) is 37.4 Å². The van der Waals surface area contributed by atoms with Crippen molar-refractivity contribution >= 4 is 17.0 Å². The summed E-state index contributed by atoms with van der Waals surface area (Å²) in [6.45, 7) is 1.37. The fraction of sp³-hybridized carbons (Fsp3) is 0.357. The Bertz CT molecular complexity index is 590. The number of carbonyl (C=O) groups is 1. The first-order valence-corrected chi connectivity index (χ1v) is 6.37. The Balaban J connectivity index is 1.99. The van der Waals surface area contributed by atoms with Crippen molar-refractivity contribution in [3.8, 4) is 0 Å². The lowest BCUT2D eigenvalue weighted by Gasteiger charge is -2.10. The molecule has 1 unspecified atom stereocenters. The van der Waals surface area contributed by atoms with Crippen molar-refractivity contribution in [2.75, 3.05) is 19.8 Å². The van der Waals surface area contributed by atoms with Gasteiger partial charge in [0.05, 0.1) is 30.8 Å². The van der Waals surface area contributed by atoms with Crippen molar-refractivity contribution in [1.82, 2.24) is 0 Å². The van der Waals surface area contributed by atoms with Crippen LogP contribution in [0.5, 0.6) is 0 Å². The largest absolute Gasteiger partial charge is 0.375 e. The molecule has 20 heavy (non-hydrogen) atoms. The summed E-state index contributed by atoms with van der Waals surface area (Å²) in [4.78, 5) is 22.3. The molecular weight excluding hydrogens is 262 g/mol. The zero-order valence-electron chi connectivity index (χ0n) is 10.7. The van der Waals surface area contributed by atoms with Crippen LogP contribution in [-0.2, 0) is 14.3 Å². The van der Waals surface area contributed by atoms with E-state index in [1.165, 1.54) is 12.1 Å². The molecule has 2 aliphatic rings. The van der Waals surface area contributed by atoms with Crippen LogP contribution in [0.1, 0.15) is 12.0 Å². The molecule has 0 N–H and O–H groups in total. The Morgan fingerprint density at radius 3 is 2.65 bits per heavy atom. The summed E-state index contributed by atoms with van der Waals surface area (Å²) < 4.78 is 11.0. The van der Waals surface area contributed by atoms with Crippen molar-refractivity contribution in [2.24, 2.45) is 0 Å². The van der Waals surface area contributed by atoms with Gasteiger partial charge >= 0.3 is 0 Å². The number of ketones is 1. The van der Waals surface area contributed by atoms with E-state index >= 15 is 0 Å². The van der Waals surface area contributed by atoms with Gasteiger partial charge in [-0.1, -0.05) is 0 Å². The van der Waals surface area contributed by atoms with Gasteiger partial charge in [-0.25, -0.2) is 0 Å². The van der Waals surface area contributed by atoms with Crippen LogP contribution in [-0.4, -0.2) is 36.6 Å². The number of nitro benzene ring substituents is 1. The summed E-state index contributed by atoms with van der Waals surface area (Å²) in [5, 5.41) is 10.7. The van der Waals surface area contributed by atoms with Crippen molar-refractivity contribution < 1.29 is 19.2 Å². The maximum Gasteiger partial charge on any atom is 0.269 e. The fourth-order valence-electron chi connectivity index (χ4n) is 2.59. The molecule has 0 radical (unpaired) electrons. The number of hydrogen-bond acceptors (Lipinski definition) is 5. The maximum atomic E-state index is 12.1. The average Bonchev–Trinajstić information content (AvgIpc) is 2.60. The van der Waals surface area contributed by atoms with Crippen LogP contribution >= 0.6 is 0 Å². The lowest BCUT2D eigenvalue weighted by molar-refractivity contribution is -0.384. The predicted octanol–water partition coefficient (Wildman–Crippen LogP) is 1.74. The number of benzene rings is 1. The minimum Gasteiger partial charge on any atom is -0.375 e. The molecule has 1 heterocycles. The van der Waals surface area contributed by atoms with Gasteiger partial charge < -0.3 is 9.47 Å². The zero-order valence-corrected chi connectivity index (χ0v) is 10.7. The van der Waals surface area contributed by atoms with Crippen LogP contribution in [0, 0.1) is 10.1 Å². The molecule has 0 amide bonds. The number of hydrogen-bond donors (Lipinski definition) is 0. The highest BCUT2D eigenvalue weighted by molar-refractivity contribution is 6.24. The Hall–Kier alpha value is -2.05. The third-order valence-corrected chi connectivity index (χ3v) is 3.53. The fourth-order valence-corrected chi connectivity index (χ4v) is 2.59. The van der Waals surface area contributed by atoms with Gasteiger partial charge in [0.1, 0.15) is 0 Å². The molecule has 3 rings (SSSR count). The van der Waals surface area contributed by atoms with Gasteiger partial charge in [-0.2, -0.15) is 0 Å². The molecule has 1 aromatic rings. The van der Waals surface area contributed by atoms with Crippen molar-refractivity contribution in [2.45, 2.75) is 12.5 Å². The summed E-state index contributed by atoms with van der Waals surface area (Å²) in [5.74, 6) is 0.00403. The molecule has 0 saturated carbocycles. The third kappa shape index (κ3) is 2.23. The number of carbonyl (C=O) groups excluding carboxylic acids is 1. The van der Waals surface area contributed by atoms with E-state index in [-0.39, 0.29) is 17.6 Å². The molecule has 1 aliphatic carbocycles. The van der Waals surface area contributed by atoms with Crippen LogP contribution in [0.15, 0.2) is 29.8 Å². The molecule has 1 saturated heterocycles. The Kier molecular flexibility index (Phi) is 3.33. The summed E-state index contributed by atoms with van der Waals surface area (Å²) >= 11 is 0. The minimum atomic E-state index is -0.460. The number of fused-ring (bicyclic) bond motifs is 1. The first-order valence-electron chi connectivity index (χ1n) is 6.37. The van der Waals surface area contributed by atoms with E-state index in [0.717, 1.165) is 5.57 Å². The van der Waals surface area contributed by atoms with Crippen LogP contribution in [0.4, 0.5) is 5.69 Å². The Labute approximate surface area is 115 Å². The number of rotatable bonds is 2. The van der Waals surface area contributed by atoms with Gasteiger partial charge in [0.25, 0.3) is 5.69 Å². The maximum absolute atomic E-state index is 12.1. The Morgan fingerprint density at radius 2 is 1.95 bits per heavy atom. The third-order valence-electron chi connectivity index (χ3n) is 3.53. The molecule has 6 heteroatoms. The van der Waals surface area contributed by atoms with Crippen molar-refractivity contribution in [3.05, 3.63) is 45.5 Å². The first kappa shape index (κ1) is 13.0. The van der Waals surface area contributed by atoms with Gasteiger partial charge in [0.2, 0.25) is 0 Å². The predicted molar refractivity (Wildman–Crippen MR) is 70.2 cm³/mol.